The predicted octanol–water partition coefficient (Wildman–Crippen LogP) is 2.28. The first-order valence-electron chi connectivity index (χ1n) is 9.16. The molecule has 0 aliphatic carbocycles. The quantitative estimate of drug-likeness (QED) is 0.333. The highest BCUT2D eigenvalue weighted by Crippen LogP contribution is 2.23. The lowest BCUT2D eigenvalue weighted by atomic mass is 10.0. The molecular weight excluding hydrogens is 397 g/mol. The standard InChI is InChI=1S/C21H20FNO7/c1-28-21(27)17(25)12-16(24)19-14(10-13-2-4-15(22)5-3-13)11-18(30-19)20(26)23-6-8-29-9-7-23/h2-5,11-12,25H,6-10H2,1H3. The van der Waals surface area contributed by atoms with Crippen LogP contribution < -0.4 is 0 Å². The summed E-state index contributed by atoms with van der Waals surface area (Å²) in [5.74, 6) is -3.85. The largest absolute Gasteiger partial charge is 0.502 e. The second kappa shape index (κ2) is 9.36. The first-order chi connectivity index (χ1) is 14.4. The van der Waals surface area contributed by atoms with Gasteiger partial charge in [-0.1, -0.05) is 12.1 Å². The number of amides is 1. The molecule has 2 aromatic rings. The highest BCUT2D eigenvalue weighted by molar-refractivity contribution is 6.08. The van der Waals surface area contributed by atoms with E-state index >= 15 is 0 Å². The maximum Gasteiger partial charge on any atom is 0.373 e. The molecule has 1 aliphatic heterocycles. The summed E-state index contributed by atoms with van der Waals surface area (Å²) in [5.41, 5.74) is 1.04. The van der Waals surface area contributed by atoms with E-state index < -0.39 is 29.2 Å². The second-order valence-corrected chi connectivity index (χ2v) is 6.56. The fraction of sp³-hybridized carbons (Fsp3) is 0.286. The van der Waals surface area contributed by atoms with Gasteiger partial charge in [-0.15, -0.1) is 0 Å². The number of halogens is 1. The van der Waals surface area contributed by atoms with Gasteiger partial charge >= 0.3 is 5.97 Å². The van der Waals surface area contributed by atoms with Crippen LogP contribution >= 0.6 is 0 Å². The molecule has 1 aromatic heterocycles. The number of hydrogen-bond acceptors (Lipinski definition) is 7. The SMILES string of the molecule is COC(=O)C(O)=CC(=O)c1oc(C(=O)N2CCOCC2)cc1Cc1ccc(F)cc1. The number of ketones is 1. The van der Waals surface area contributed by atoms with E-state index in [4.69, 9.17) is 9.15 Å². The predicted molar refractivity (Wildman–Crippen MR) is 102 cm³/mol. The van der Waals surface area contributed by atoms with Gasteiger partial charge in [-0.2, -0.15) is 0 Å². The Balaban J connectivity index is 1.94. The van der Waals surface area contributed by atoms with Crippen LogP contribution in [0.15, 0.2) is 46.6 Å². The van der Waals surface area contributed by atoms with Gasteiger partial charge in [0.2, 0.25) is 11.5 Å². The van der Waals surface area contributed by atoms with Gasteiger partial charge in [0, 0.05) is 31.1 Å². The van der Waals surface area contributed by atoms with E-state index in [1.54, 1.807) is 17.0 Å². The van der Waals surface area contributed by atoms with Crippen molar-refractivity contribution < 1.29 is 37.8 Å². The number of morpholine rings is 1. The normalized spacial score (nSPS) is 14.5. The van der Waals surface area contributed by atoms with Crippen molar-refractivity contribution >= 4 is 17.7 Å². The van der Waals surface area contributed by atoms with Gasteiger partial charge in [-0.3, -0.25) is 9.59 Å². The van der Waals surface area contributed by atoms with Gasteiger partial charge in [-0.05, 0) is 23.8 Å². The number of furan rings is 1. The molecule has 1 aliphatic rings. The van der Waals surface area contributed by atoms with Crippen LogP contribution in [0.3, 0.4) is 0 Å². The number of carbonyl (C=O) groups is 3. The number of allylic oxidation sites excluding steroid dienone is 1. The molecule has 0 saturated carbocycles. The Kier molecular flexibility index (Phi) is 6.63. The van der Waals surface area contributed by atoms with E-state index in [1.165, 1.54) is 18.2 Å². The van der Waals surface area contributed by atoms with E-state index in [-0.39, 0.29) is 17.9 Å². The summed E-state index contributed by atoms with van der Waals surface area (Å²) in [7, 11) is 1.06. The minimum Gasteiger partial charge on any atom is -0.502 e. The van der Waals surface area contributed by atoms with Gasteiger partial charge in [0.25, 0.3) is 5.91 Å². The third-order valence-electron chi connectivity index (χ3n) is 4.51. The van der Waals surface area contributed by atoms with E-state index in [9.17, 15) is 23.9 Å². The smallest absolute Gasteiger partial charge is 0.373 e. The Morgan fingerprint density at radius 3 is 2.50 bits per heavy atom. The Hall–Kier alpha value is -3.46. The third kappa shape index (κ3) is 4.93. The highest BCUT2D eigenvalue weighted by atomic mass is 19.1. The Morgan fingerprint density at radius 1 is 1.20 bits per heavy atom. The monoisotopic (exact) mass is 417 g/mol. The van der Waals surface area contributed by atoms with Crippen molar-refractivity contribution in [2.24, 2.45) is 0 Å². The molecule has 30 heavy (non-hydrogen) atoms. The van der Waals surface area contributed by atoms with Crippen LogP contribution in [0.5, 0.6) is 0 Å². The van der Waals surface area contributed by atoms with Crippen LogP contribution in [0.25, 0.3) is 0 Å². The van der Waals surface area contributed by atoms with Crippen LogP contribution in [0.4, 0.5) is 4.39 Å². The number of aliphatic hydroxyl groups is 1. The van der Waals surface area contributed by atoms with Crippen molar-refractivity contribution in [2.75, 3.05) is 33.4 Å². The molecule has 1 fully saturated rings. The van der Waals surface area contributed by atoms with Gasteiger partial charge in [0.05, 0.1) is 20.3 Å². The van der Waals surface area contributed by atoms with E-state index in [0.29, 0.717) is 43.5 Å². The number of methoxy groups -OCH3 is 1. The Labute approximate surface area is 171 Å². The molecular formula is C21H20FNO7. The maximum absolute atomic E-state index is 13.2. The molecule has 3 rings (SSSR count). The summed E-state index contributed by atoms with van der Waals surface area (Å²) < 4.78 is 28.3. The summed E-state index contributed by atoms with van der Waals surface area (Å²) in [6.07, 6.45) is 0.843. The van der Waals surface area contributed by atoms with E-state index in [0.717, 1.165) is 7.11 Å². The Morgan fingerprint density at radius 2 is 1.87 bits per heavy atom. The average Bonchev–Trinajstić information content (AvgIpc) is 3.18. The average molecular weight is 417 g/mol. The van der Waals surface area contributed by atoms with E-state index in [2.05, 4.69) is 4.74 Å². The van der Waals surface area contributed by atoms with E-state index in [1.807, 2.05) is 0 Å². The molecule has 158 valence electrons. The number of ether oxygens (including phenoxy) is 2. The molecule has 2 heterocycles. The molecule has 0 atom stereocenters. The molecule has 8 nitrogen and oxygen atoms in total. The number of benzene rings is 1. The summed E-state index contributed by atoms with van der Waals surface area (Å²) in [4.78, 5) is 38.3. The molecule has 1 N–H and O–H groups in total. The lowest BCUT2D eigenvalue weighted by Gasteiger charge is -2.25. The summed E-state index contributed by atoms with van der Waals surface area (Å²) in [5, 5.41) is 9.67. The minimum atomic E-state index is -1.08. The van der Waals surface area contributed by atoms with Crippen molar-refractivity contribution in [3.63, 3.8) is 0 Å². The van der Waals surface area contributed by atoms with Crippen LogP contribution in [0.1, 0.15) is 32.2 Å². The fourth-order valence-corrected chi connectivity index (χ4v) is 2.97. The van der Waals surface area contributed by atoms with Gasteiger partial charge in [0.1, 0.15) is 5.82 Å². The number of esters is 1. The van der Waals surface area contributed by atoms with Gasteiger partial charge < -0.3 is 23.9 Å². The number of carbonyl (C=O) groups excluding carboxylic acids is 3. The van der Waals surface area contributed by atoms with Crippen LogP contribution in [0.2, 0.25) is 0 Å². The number of hydrogen-bond donors (Lipinski definition) is 1. The summed E-state index contributed by atoms with van der Waals surface area (Å²) >= 11 is 0. The molecule has 0 unspecified atom stereocenters. The van der Waals surface area contributed by atoms with Gasteiger partial charge in [-0.25, -0.2) is 9.18 Å². The third-order valence-corrected chi connectivity index (χ3v) is 4.51. The fourth-order valence-electron chi connectivity index (χ4n) is 2.97. The Bertz CT molecular complexity index is 972. The molecule has 1 saturated heterocycles. The highest BCUT2D eigenvalue weighted by Gasteiger charge is 2.26. The molecule has 0 spiro atoms. The first-order valence-corrected chi connectivity index (χ1v) is 9.16. The van der Waals surface area contributed by atoms with Crippen molar-refractivity contribution in [1.29, 1.82) is 0 Å². The zero-order valence-electron chi connectivity index (χ0n) is 16.2. The summed E-state index contributed by atoms with van der Waals surface area (Å²) in [6, 6.07) is 7.08. The number of rotatable bonds is 6. The van der Waals surface area contributed by atoms with Crippen LogP contribution in [-0.2, 0) is 20.7 Å². The van der Waals surface area contributed by atoms with Crippen molar-refractivity contribution in [3.8, 4) is 0 Å². The lowest BCUT2D eigenvalue weighted by molar-refractivity contribution is -0.139. The van der Waals surface area contributed by atoms with Crippen LogP contribution in [0, 0.1) is 5.82 Å². The molecule has 0 radical (unpaired) electrons. The molecule has 1 amide bonds. The van der Waals surface area contributed by atoms with Crippen molar-refractivity contribution in [2.45, 2.75) is 6.42 Å². The summed E-state index contributed by atoms with van der Waals surface area (Å²) in [6.45, 7) is 1.57. The maximum atomic E-state index is 13.2. The van der Waals surface area contributed by atoms with Gasteiger partial charge in [0.15, 0.2) is 11.5 Å². The molecule has 0 bridgehead atoms. The number of aliphatic hydroxyl groups excluding tert-OH is 1. The first kappa shape index (κ1) is 21.3. The zero-order chi connectivity index (χ0) is 21.7. The second-order valence-electron chi connectivity index (χ2n) is 6.56. The van der Waals surface area contributed by atoms with Crippen LogP contribution in [-0.4, -0.2) is 61.1 Å². The zero-order valence-corrected chi connectivity index (χ0v) is 16.2. The molecule has 9 heteroatoms. The topological polar surface area (TPSA) is 106 Å². The van der Waals surface area contributed by atoms with Crippen molar-refractivity contribution in [3.05, 3.63) is 70.6 Å². The lowest BCUT2D eigenvalue weighted by Crippen LogP contribution is -2.40. The van der Waals surface area contributed by atoms with Crippen molar-refractivity contribution in [1.82, 2.24) is 4.90 Å². The number of nitrogens with zero attached hydrogens (tertiary/aromatic N) is 1. The molecule has 1 aromatic carbocycles. The minimum absolute atomic E-state index is 0.0525.